The van der Waals surface area contributed by atoms with Crippen LogP contribution in [0.2, 0.25) is 0 Å². The molecule has 21 heavy (non-hydrogen) atoms. The average molecular weight is 296 g/mol. The van der Waals surface area contributed by atoms with Crippen LogP contribution in [-0.2, 0) is 0 Å². The lowest BCUT2D eigenvalue weighted by Crippen LogP contribution is -2.41. The number of piperidine rings is 1. The maximum Gasteiger partial charge on any atom is 0.256 e. The van der Waals surface area contributed by atoms with E-state index in [1.54, 1.807) is 4.90 Å². The quantitative estimate of drug-likeness (QED) is 0.906. The summed E-state index contributed by atoms with van der Waals surface area (Å²) in [6, 6.07) is 3.75. The van der Waals surface area contributed by atoms with Crippen LogP contribution in [-0.4, -0.2) is 37.0 Å². The molecule has 1 N–H and O–H groups in total. The third-order valence-electron chi connectivity index (χ3n) is 3.84. The monoisotopic (exact) mass is 296 g/mol. The van der Waals surface area contributed by atoms with Crippen molar-refractivity contribution in [2.24, 2.45) is 5.92 Å². The van der Waals surface area contributed by atoms with E-state index in [1.165, 1.54) is 12.1 Å². The lowest BCUT2D eigenvalue weighted by atomic mass is 9.98. The fourth-order valence-electron chi connectivity index (χ4n) is 2.78. The fraction of sp³-hybridized carbons (Fsp3) is 0.562. The molecule has 1 saturated heterocycles. The lowest BCUT2D eigenvalue weighted by Gasteiger charge is -2.30. The molecule has 1 fully saturated rings. The Balaban J connectivity index is 2.12. The third kappa shape index (κ3) is 4.00. The van der Waals surface area contributed by atoms with Gasteiger partial charge in [-0.05, 0) is 50.4 Å². The van der Waals surface area contributed by atoms with Crippen molar-refractivity contribution < 1.29 is 13.6 Å². The van der Waals surface area contributed by atoms with E-state index in [-0.39, 0.29) is 5.56 Å². The van der Waals surface area contributed by atoms with Crippen LogP contribution >= 0.6 is 0 Å². The number of halogens is 2. The minimum absolute atomic E-state index is 0.174. The zero-order valence-electron chi connectivity index (χ0n) is 12.4. The topological polar surface area (TPSA) is 32.3 Å². The molecule has 1 aliphatic rings. The van der Waals surface area contributed by atoms with Crippen LogP contribution in [0.25, 0.3) is 0 Å². The number of amides is 1. The SMILES string of the molecule is CCCN(CC1CCCNC1)C(=O)c1cccc(F)c1F. The first-order valence-corrected chi connectivity index (χ1v) is 7.57. The molecule has 116 valence electrons. The van der Waals surface area contributed by atoms with E-state index in [1.807, 2.05) is 6.92 Å². The number of nitrogens with zero attached hydrogens (tertiary/aromatic N) is 1. The van der Waals surface area contributed by atoms with E-state index < -0.39 is 17.5 Å². The molecule has 2 rings (SSSR count). The number of carbonyl (C=O) groups is 1. The molecular weight excluding hydrogens is 274 g/mol. The highest BCUT2D eigenvalue weighted by Crippen LogP contribution is 2.17. The maximum absolute atomic E-state index is 13.8. The van der Waals surface area contributed by atoms with Crippen LogP contribution in [0.4, 0.5) is 8.78 Å². The first kappa shape index (κ1) is 15.9. The van der Waals surface area contributed by atoms with Crippen LogP contribution in [0.15, 0.2) is 18.2 Å². The highest BCUT2D eigenvalue weighted by atomic mass is 19.2. The first-order valence-electron chi connectivity index (χ1n) is 7.57. The first-order chi connectivity index (χ1) is 10.1. The largest absolute Gasteiger partial charge is 0.338 e. The Morgan fingerprint density at radius 2 is 2.24 bits per heavy atom. The summed E-state index contributed by atoms with van der Waals surface area (Å²) in [6.07, 6.45) is 2.95. The zero-order valence-corrected chi connectivity index (χ0v) is 12.4. The van der Waals surface area contributed by atoms with E-state index in [4.69, 9.17) is 0 Å². The maximum atomic E-state index is 13.8. The second-order valence-electron chi connectivity index (χ2n) is 5.56. The van der Waals surface area contributed by atoms with Crippen LogP contribution in [0, 0.1) is 17.6 Å². The van der Waals surface area contributed by atoms with E-state index in [0.29, 0.717) is 19.0 Å². The Morgan fingerprint density at radius 1 is 1.43 bits per heavy atom. The molecule has 0 radical (unpaired) electrons. The molecule has 1 unspecified atom stereocenters. The molecule has 3 nitrogen and oxygen atoms in total. The van der Waals surface area contributed by atoms with Crippen LogP contribution in [0.3, 0.4) is 0 Å². The minimum atomic E-state index is -1.05. The normalized spacial score (nSPS) is 18.5. The molecule has 0 aliphatic carbocycles. The molecule has 1 aromatic carbocycles. The van der Waals surface area contributed by atoms with E-state index >= 15 is 0 Å². The predicted molar refractivity (Wildman–Crippen MR) is 78.1 cm³/mol. The summed E-state index contributed by atoms with van der Waals surface area (Å²) in [5.41, 5.74) is -0.174. The summed E-state index contributed by atoms with van der Waals surface area (Å²) in [7, 11) is 0. The highest BCUT2D eigenvalue weighted by molar-refractivity contribution is 5.94. The second-order valence-corrected chi connectivity index (χ2v) is 5.56. The molecule has 0 aromatic heterocycles. The van der Waals surface area contributed by atoms with E-state index in [2.05, 4.69) is 5.32 Å². The Bertz CT molecular complexity index is 487. The zero-order chi connectivity index (χ0) is 15.2. The van der Waals surface area contributed by atoms with Gasteiger partial charge in [-0.3, -0.25) is 4.79 Å². The van der Waals surface area contributed by atoms with Crippen molar-refractivity contribution >= 4 is 5.91 Å². The standard InChI is InChI=1S/C16H22F2N2O/c1-2-9-20(11-12-5-4-8-19-10-12)16(21)13-6-3-7-14(17)15(13)18/h3,6-7,12,19H,2,4-5,8-11H2,1H3. The number of benzene rings is 1. The van der Waals surface area contributed by atoms with E-state index in [9.17, 15) is 13.6 Å². The number of hydrogen-bond donors (Lipinski definition) is 1. The molecule has 0 bridgehead atoms. The molecule has 0 saturated carbocycles. The van der Waals surface area contributed by atoms with Crippen molar-refractivity contribution in [1.29, 1.82) is 0 Å². The minimum Gasteiger partial charge on any atom is -0.338 e. The van der Waals surface area contributed by atoms with Gasteiger partial charge in [0, 0.05) is 13.1 Å². The molecule has 1 aromatic rings. The molecule has 0 spiro atoms. The Labute approximate surface area is 124 Å². The van der Waals surface area contributed by atoms with Crippen LogP contribution in [0.1, 0.15) is 36.5 Å². The molecule has 1 aliphatic heterocycles. The van der Waals surface area contributed by atoms with Crippen LogP contribution in [0.5, 0.6) is 0 Å². The van der Waals surface area contributed by atoms with Crippen molar-refractivity contribution in [3.8, 4) is 0 Å². The van der Waals surface area contributed by atoms with Crippen molar-refractivity contribution in [1.82, 2.24) is 10.2 Å². The fourth-order valence-corrected chi connectivity index (χ4v) is 2.78. The van der Waals surface area contributed by atoms with Gasteiger partial charge in [0.25, 0.3) is 5.91 Å². The Hall–Kier alpha value is -1.49. The van der Waals surface area contributed by atoms with Gasteiger partial charge in [-0.15, -0.1) is 0 Å². The summed E-state index contributed by atoms with van der Waals surface area (Å²) in [5, 5.41) is 3.31. The summed E-state index contributed by atoms with van der Waals surface area (Å²) >= 11 is 0. The van der Waals surface area contributed by atoms with Gasteiger partial charge in [0.1, 0.15) is 0 Å². The number of hydrogen-bond acceptors (Lipinski definition) is 2. The third-order valence-corrected chi connectivity index (χ3v) is 3.84. The van der Waals surface area contributed by atoms with E-state index in [0.717, 1.165) is 38.4 Å². The van der Waals surface area contributed by atoms with Gasteiger partial charge >= 0.3 is 0 Å². The number of nitrogens with one attached hydrogen (secondary N) is 1. The second kappa shape index (κ2) is 7.50. The molecule has 1 heterocycles. The van der Waals surface area contributed by atoms with Gasteiger partial charge in [0.15, 0.2) is 11.6 Å². The summed E-state index contributed by atoms with van der Waals surface area (Å²) in [6.45, 7) is 5.01. The number of rotatable bonds is 5. The van der Waals surface area contributed by atoms with Crippen molar-refractivity contribution in [2.75, 3.05) is 26.2 Å². The lowest BCUT2D eigenvalue weighted by molar-refractivity contribution is 0.0713. The summed E-state index contributed by atoms with van der Waals surface area (Å²) in [4.78, 5) is 14.1. The molecular formula is C16H22F2N2O. The molecule has 1 atom stereocenters. The van der Waals surface area contributed by atoms with Gasteiger partial charge in [-0.1, -0.05) is 13.0 Å². The Morgan fingerprint density at radius 3 is 2.90 bits per heavy atom. The van der Waals surface area contributed by atoms with Gasteiger partial charge in [-0.25, -0.2) is 8.78 Å². The molecule has 5 heteroatoms. The van der Waals surface area contributed by atoms with Crippen molar-refractivity contribution in [3.63, 3.8) is 0 Å². The van der Waals surface area contributed by atoms with Crippen molar-refractivity contribution in [3.05, 3.63) is 35.4 Å². The van der Waals surface area contributed by atoms with Gasteiger partial charge in [0.2, 0.25) is 0 Å². The molecule has 1 amide bonds. The van der Waals surface area contributed by atoms with Gasteiger partial charge in [-0.2, -0.15) is 0 Å². The van der Waals surface area contributed by atoms with Crippen LogP contribution < -0.4 is 5.32 Å². The smallest absolute Gasteiger partial charge is 0.256 e. The van der Waals surface area contributed by atoms with Gasteiger partial charge in [0.05, 0.1) is 5.56 Å². The average Bonchev–Trinajstić information content (AvgIpc) is 2.50. The van der Waals surface area contributed by atoms with Crippen molar-refractivity contribution in [2.45, 2.75) is 26.2 Å². The highest BCUT2D eigenvalue weighted by Gasteiger charge is 2.24. The summed E-state index contributed by atoms with van der Waals surface area (Å²) in [5.74, 6) is -2.06. The number of carbonyl (C=O) groups excluding carboxylic acids is 1. The van der Waals surface area contributed by atoms with Gasteiger partial charge < -0.3 is 10.2 Å². The predicted octanol–water partition coefficient (Wildman–Crippen LogP) is 2.82. The summed E-state index contributed by atoms with van der Waals surface area (Å²) < 4.78 is 27.1. The Kier molecular flexibility index (Phi) is 5.67.